The second-order valence-corrected chi connectivity index (χ2v) is 3.86. The summed E-state index contributed by atoms with van der Waals surface area (Å²) < 4.78 is 10.6. The summed E-state index contributed by atoms with van der Waals surface area (Å²) in [7, 11) is 1.61. The van der Waals surface area contributed by atoms with Crippen LogP contribution < -0.4 is 14.8 Å². The second-order valence-electron chi connectivity index (χ2n) is 3.86. The minimum atomic E-state index is 0.00341. The molecule has 16 heavy (non-hydrogen) atoms. The van der Waals surface area contributed by atoms with E-state index in [1.807, 2.05) is 18.2 Å². The SMILES string of the molecule is COc1ccc(NC2CC2)cc1OCCO. The lowest BCUT2D eigenvalue weighted by Crippen LogP contribution is -2.05. The number of hydrogen-bond acceptors (Lipinski definition) is 4. The Kier molecular flexibility index (Phi) is 3.51. The lowest BCUT2D eigenvalue weighted by Gasteiger charge is -2.12. The van der Waals surface area contributed by atoms with Crippen LogP contribution in [0.1, 0.15) is 12.8 Å². The maximum atomic E-state index is 8.73. The quantitative estimate of drug-likeness (QED) is 0.769. The van der Waals surface area contributed by atoms with Gasteiger partial charge in [0.2, 0.25) is 0 Å². The van der Waals surface area contributed by atoms with E-state index in [2.05, 4.69) is 5.32 Å². The topological polar surface area (TPSA) is 50.7 Å². The van der Waals surface area contributed by atoms with Gasteiger partial charge in [0.25, 0.3) is 0 Å². The molecule has 1 aliphatic carbocycles. The Hall–Kier alpha value is -1.42. The smallest absolute Gasteiger partial charge is 0.163 e. The van der Waals surface area contributed by atoms with Crippen LogP contribution in [0.3, 0.4) is 0 Å². The van der Waals surface area contributed by atoms with Crippen LogP contribution in [0.25, 0.3) is 0 Å². The summed E-state index contributed by atoms with van der Waals surface area (Å²) in [5.41, 5.74) is 1.04. The predicted octanol–water partition coefficient (Wildman–Crippen LogP) is 1.64. The summed E-state index contributed by atoms with van der Waals surface area (Å²) in [4.78, 5) is 0. The van der Waals surface area contributed by atoms with Crippen LogP contribution in [0.4, 0.5) is 5.69 Å². The normalized spacial score (nSPS) is 14.6. The molecule has 0 heterocycles. The van der Waals surface area contributed by atoms with Crippen LogP contribution in [-0.4, -0.2) is 31.5 Å². The molecule has 0 amide bonds. The highest BCUT2D eigenvalue weighted by molar-refractivity contribution is 5.55. The first-order chi connectivity index (χ1) is 7.83. The van der Waals surface area contributed by atoms with Crippen molar-refractivity contribution in [3.63, 3.8) is 0 Å². The maximum absolute atomic E-state index is 8.73. The van der Waals surface area contributed by atoms with Gasteiger partial charge in [-0.1, -0.05) is 0 Å². The maximum Gasteiger partial charge on any atom is 0.163 e. The van der Waals surface area contributed by atoms with Gasteiger partial charge in [0, 0.05) is 17.8 Å². The molecule has 1 aromatic rings. The molecule has 1 saturated carbocycles. The summed E-state index contributed by atoms with van der Waals surface area (Å²) in [6.45, 7) is 0.284. The third-order valence-corrected chi connectivity index (χ3v) is 2.46. The fourth-order valence-corrected chi connectivity index (χ4v) is 1.50. The van der Waals surface area contributed by atoms with E-state index < -0.39 is 0 Å². The lowest BCUT2D eigenvalue weighted by molar-refractivity contribution is 0.196. The average Bonchev–Trinajstić information content (AvgIpc) is 3.10. The van der Waals surface area contributed by atoms with E-state index in [1.54, 1.807) is 7.11 Å². The van der Waals surface area contributed by atoms with Gasteiger partial charge in [-0.05, 0) is 25.0 Å². The molecular weight excluding hydrogens is 206 g/mol. The number of aliphatic hydroxyl groups is 1. The predicted molar refractivity (Wildman–Crippen MR) is 62.2 cm³/mol. The molecule has 0 atom stereocenters. The molecule has 0 radical (unpaired) electrons. The Bertz CT molecular complexity index is 350. The zero-order chi connectivity index (χ0) is 11.4. The van der Waals surface area contributed by atoms with Crippen molar-refractivity contribution in [1.29, 1.82) is 0 Å². The van der Waals surface area contributed by atoms with Crippen molar-refractivity contribution in [1.82, 2.24) is 0 Å². The molecule has 4 nitrogen and oxygen atoms in total. The highest BCUT2D eigenvalue weighted by Crippen LogP contribution is 2.32. The Labute approximate surface area is 95.2 Å². The van der Waals surface area contributed by atoms with Crippen molar-refractivity contribution in [3.05, 3.63) is 18.2 Å². The van der Waals surface area contributed by atoms with E-state index in [4.69, 9.17) is 14.6 Å². The van der Waals surface area contributed by atoms with Gasteiger partial charge < -0.3 is 19.9 Å². The Balaban J connectivity index is 2.09. The average molecular weight is 223 g/mol. The largest absolute Gasteiger partial charge is 0.493 e. The van der Waals surface area contributed by atoms with E-state index in [9.17, 15) is 0 Å². The number of aliphatic hydroxyl groups excluding tert-OH is 1. The lowest BCUT2D eigenvalue weighted by atomic mass is 10.2. The zero-order valence-electron chi connectivity index (χ0n) is 9.40. The highest BCUT2D eigenvalue weighted by atomic mass is 16.5. The third-order valence-electron chi connectivity index (χ3n) is 2.46. The summed E-state index contributed by atoms with van der Waals surface area (Å²) >= 11 is 0. The van der Waals surface area contributed by atoms with E-state index in [0.29, 0.717) is 17.5 Å². The monoisotopic (exact) mass is 223 g/mol. The van der Waals surface area contributed by atoms with Crippen molar-refractivity contribution in [3.8, 4) is 11.5 Å². The van der Waals surface area contributed by atoms with E-state index >= 15 is 0 Å². The molecule has 4 heteroatoms. The summed E-state index contributed by atoms with van der Waals surface area (Å²) in [5.74, 6) is 1.36. The van der Waals surface area contributed by atoms with Crippen LogP contribution in [0.5, 0.6) is 11.5 Å². The van der Waals surface area contributed by atoms with Crippen LogP contribution in [-0.2, 0) is 0 Å². The number of nitrogens with one attached hydrogen (secondary N) is 1. The van der Waals surface area contributed by atoms with Crippen LogP contribution in [0.2, 0.25) is 0 Å². The number of hydrogen-bond donors (Lipinski definition) is 2. The Morgan fingerprint density at radius 2 is 2.19 bits per heavy atom. The van der Waals surface area contributed by atoms with E-state index in [1.165, 1.54) is 12.8 Å². The summed E-state index contributed by atoms with van der Waals surface area (Å²) in [5, 5.41) is 12.1. The van der Waals surface area contributed by atoms with Gasteiger partial charge in [0.15, 0.2) is 11.5 Å². The molecule has 0 bridgehead atoms. The minimum absolute atomic E-state index is 0.00341. The van der Waals surface area contributed by atoms with Crippen molar-refractivity contribution in [2.45, 2.75) is 18.9 Å². The molecule has 1 aromatic carbocycles. The van der Waals surface area contributed by atoms with Gasteiger partial charge >= 0.3 is 0 Å². The number of rotatable bonds is 6. The molecular formula is C12H17NO3. The van der Waals surface area contributed by atoms with Crippen molar-refractivity contribution >= 4 is 5.69 Å². The molecule has 1 fully saturated rings. The Morgan fingerprint density at radius 3 is 2.81 bits per heavy atom. The van der Waals surface area contributed by atoms with Crippen LogP contribution in [0.15, 0.2) is 18.2 Å². The first kappa shape index (κ1) is 11.1. The molecule has 0 spiro atoms. The highest BCUT2D eigenvalue weighted by Gasteiger charge is 2.21. The molecule has 0 aliphatic heterocycles. The van der Waals surface area contributed by atoms with Gasteiger partial charge in [0.05, 0.1) is 13.7 Å². The molecule has 2 rings (SSSR count). The van der Waals surface area contributed by atoms with Crippen molar-refractivity contribution in [2.75, 3.05) is 25.6 Å². The first-order valence-corrected chi connectivity index (χ1v) is 5.51. The fourth-order valence-electron chi connectivity index (χ4n) is 1.50. The Morgan fingerprint density at radius 1 is 1.38 bits per heavy atom. The third kappa shape index (κ3) is 2.79. The fraction of sp³-hybridized carbons (Fsp3) is 0.500. The first-order valence-electron chi connectivity index (χ1n) is 5.51. The number of ether oxygens (including phenoxy) is 2. The van der Waals surface area contributed by atoms with Crippen molar-refractivity contribution in [2.24, 2.45) is 0 Å². The minimum Gasteiger partial charge on any atom is -0.493 e. The van der Waals surface area contributed by atoms with Gasteiger partial charge in [-0.3, -0.25) is 0 Å². The van der Waals surface area contributed by atoms with Crippen LogP contribution in [0, 0.1) is 0 Å². The van der Waals surface area contributed by atoms with Gasteiger partial charge in [-0.2, -0.15) is 0 Å². The van der Waals surface area contributed by atoms with E-state index in [0.717, 1.165) is 5.69 Å². The number of benzene rings is 1. The molecule has 88 valence electrons. The number of anilines is 1. The summed E-state index contributed by atoms with van der Waals surface area (Å²) in [6, 6.07) is 6.37. The van der Waals surface area contributed by atoms with E-state index in [-0.39, 0.29) is 13.2 Å². The van der Waals surface area contributed by atoms with Gasteiger partial charge in [0.1, 0.15) is 6.61 Å². The molecule has 1 aliphatic rings. The second kappa shape index (κ2) is 5.07. The molecule has 0 unspecified atom stereocenters. The standard InChI is InChI=1S/C12H17NO3/c1-15-11-5-4-10(13-9-2-3-9)8-12(11)16-7-6-14/h4-5,8-9,13-14H,2-3,6-7H2,1H3. The zero-order valence-corrected chi connectivity index (χ0v) is 9.40. The van der Waals surface area contributed by atoms with Crippen LogP contribution >= 0.6 is 0 Å². The van der Waals surface area contributed by atoms with Gasteiger partial charge in [-0.25, -0.2) is 0 Å². The number of methoxy groups -OCH3 is 1. The molecule has 2 N–H and O–H groups in total. The molecule has 0 aromatic heterocycles. The van der Waals surface area contributed by atoms with Gasteiger partial charge in [-0.15, -0.1) is 0 Å². The molecule has 0 saturated heterocycles. The van der Waals surface area contributed by atoms with Crippen molar-refractivity contribution < 1.29 is 14.6 Å². The summed E-state index contributed by atoms with van der Waals surface area (Å²) in [6.07, 6.45) is 2.47.